The van der Waals surface area contributed by atoms with Crippen LogP contribution in [-0.4, -0.2) is 4.75 Å². The second-order valence-electron chi connectivity index (χ2n) is 4.26. The first kappa shape index (κ1) is 11.9. The van der Waals surface area contributed by atoms with Crippen LogP contribution in [0.15, 0.2) is 22.7 Å². The van der Waals surface area contributed by atoms with Crippen LogP contribution >= 0.6 is 27.7 Å². The summed E-state index contributed by atoms with van der Waals surface area (Å²) in [5.74, 6) is 1.01. The number of rotatable bonds is 2. The lowest BCUT2D eigenvalue weighted by molar-refractivity contribution is 0.802. The topological polar surface area (TPSA) is 26.0 Å². The van der Waals surface area contributed by atoms with Crippen molar-refractivity contribution in [1.82, 2.24) is 0 Å². The molecule has 0 bridgehead atoms. The normalized spacial score (nSPS) is 11.7. The van der Waals surface area contributed by atoms with Gasteiger partial charge in [0.1, 0.15) is 0 Å². The van der Waals surface area contributed by atoms with Crippen molar-refractivity contribution in [1.29, 1.82) is 0 Å². The molecule has 0 amide bonds. The van der Waals surface area contributed by atoms with Crippen LogP contribution in [0.3, 0.4) is 0 Å². The summed E-state index contributed by atoms with van der Waals surface area (Å²) in [4.78, 5) is 0. The maximum atomic E-state index is 5.80. The van der Waals surface area contributed by atoms with Crippen LogP contribution < -0.4 is 5.73 Å². The average molecular weight is 274 g/mol. The Hall–Kier alpha value is -0.150. The van der Waals surface area contributed by atoms with Gasteiger partial charge < -0.3 is 5.73 Å². The van der Waals surface area contributed by atoms with Crippen molar-refractivity contribution >= 4 is 33.4 Å². The minimum atomic E-state index is 0.307. The lowest BCUT2D eigenvalue weighted by Gasteiger charge is -2.17. The van der Waals surface area contributed by atoms with Gasteiger partial charge in [0, 0.05) is 20.7 Å². The molecule has 0 unspecified atom stereocenters. The predicted octanol–water partition coefficient (Wildman–Crippen LogP) is 4.06. The summed E-state index contributed by atoms with van der Waals surface area (Å²) in [6, 6.07) is 6.15. The summed E-state index contributed by atoms with van der Waals surface area (Å²) < 4.78 is 1.28. The summed E-state index contributed by atoms with van der Waals surface area (Å²) in [6.07, 6.45) is 0. The van der Waals surface area contributed by atoms with E-state index in [1.54, 1.807) is 0 Å². The summed E-state index contributed by atoms with van der Waals surface area (Å²) >= 11 is 5.32. The van der Waals surface area contributed by atoms with Crippen LogP contribution in [0.2, 0.25) is 0 Å². The molecular weight excluding hydrogens is 258 g/mol. The van der Waals surface area contributed by atoms with Gasteiger partial charge in [0.25, 0.3) is 0 Å². The molecule has 0 aromatic heterocycles. The molecule has 0 heterocycles. The molecule has 0 aliphatic heterocycles. The number of halogens is 1. The predicted molar refractivity (Wildman–Crippen MR) is 69.6 cm³/mol. The van der Waals surface area contributed by atoms with Gasteiger partial charge in [-0.15, -0.1) is 0 Å². The van der Waals surface area contributed by atoms with Crippen molar-refractivity contribution in [2.75, 3.05) is 5.73 Å². The highest BCUT2D eigenvalue weighted by Gasteiger charge is 2.10. The summed E-state index contributed by atoms with van der Waals surface area (Å²) in [5, 5.41) is 0. The Balaban J connectivity index is 2.65. The molecule has 14 heavy (non-hydrogen) atoms. The molecule has 1 aromatic rings. The Kier molecular flexibility index (Phi) is 3.90. The van der Waals surface area contributed by atoms with Crippen LogP contribution in [0.5, 0.6) is 0 Å². The van der Waals surface area contributed by atoms with Gasteiger partial charge in [0.05, 0.1) is 0 Å². The van der Waals surface area contributed by atoms with Gasteiger partial charge in [-0.05, 0) is 33.6 Å². The molecule has 0 fully saturated rings. The van der Waals surface area contributed by atoms with Gasteiger partial charge in [-0.2, -0.15) is 11.8 Å². The molecule has 0 saturated heterocycles. The smallest absolute Gasteiger partial charge is 0.0461 e. The van der Waals surface area contributed by atoms with E-state index in [0.717, 1.165) is 15.9 Å². The van der Waals surface area contributed by atoms with Gasteiger partial charge >= 0.3 is 0 Å². The second-order valence-corrected chi connectivity index (χ2v) is 6.91. The average Bonchev–Trinajstić information content (AvgIpc) is 2.06. The minimum Gasteiger partial charge on any atom is -0.398 e. The maximum absolute atomic E-state index is 5.80. The van der Waals surface area contributed by atoms with E-state index in [4.69, 9.17) is 5.73 Å². The highest BCUT2D eigenvalue weighted by atomic mass is 79.9. The number of hydrogen-bond donors (Lipinski definition) is 1. The van der Waals surface area contributed by atoms with E-state index < -0.39 is 0 Å². The Labute approximate surface area is 98.6 Å². The fourth-order valence-electron chi connectivity index (χ4n) is 0.983. The van der Waals surface area contributed by atoms with Crippen LogP contribution in [0.1, 0.15) is 26.3 Å². The van der Waals surface area contributed by atoms with Gasteiger partial charge in [0.2, 0.25) is 0 Å². The fourth-order valence-corrected chi connectivity index (χ4v) is 2.01. The quantitative estimate of drug-likeness (QED) is 0.823. The number of thioether (sulfide) groups is 1. The molecule has 78 valence electrons. The van der Waals surface area contributed by atoms with Crippen LogP contribution in [0.4, 0.5) is 5.69 Å². The molecule has 3 heteroatoms. The Morgan fingerprint density at radius 1 is 1.36 bits per heavy atom. The highest BCUT2D eigenvalue weighted by Crippen LogP contribution is 2.29. The number of hydrogen-bond acceptors (Lipinski definition) is 2. The molecule has 0 saturated carbocycles. The summed E-state index contributed by atoms with van der Waals surface area (Å²) in [6.45, 7) is 6.67. The lowest BCUT2D eigenvalue weighted by Crippen LogP contribution is -2.07. The molecule has 0 radical (unpaired) electrons. The second kappa shape index (κ2) is 4.58. The Morgan fingerprint density at radius 3 is 2.50 bits per heavy atom. The molecule has 0 atom stereocenters. The van der Waals surface area contributed by atoms with Crippen LogP contribution in [-0.2, 0) is 5.75 Å². The van der Waals surface area contributed by atoms with E-state index in [9.17, 15) is 0 Å². The monoisotopic (exact) mass is 273 g/mol. The van der Waals surface area contributed by atoms with E-state index in [-0.39, 0.29) is 0 Å². The van der Waals surface area contributed by atoms with Gasteiger partial charge in [-0.3, -0.25) is 0 Å². The third-order valence-electron chi connectivity index (χ3n) is 1.73. The van der Waals surface area contributed by atoms with Crippen LogP contribution in [0, 0.1) is 0 Å². The fraction of sp³-hybridized carbons (Fsp3) is 0.455. The number of nitrogen functional groups attached to an aromatic ring is 1. The number of nitrogens with two attached hydrogens (primary N) is 1. The minimum absolute atomic E-state index is 0.307. The third-order valence-corrected chi connectivity index (χ3v) is 3.80. The maximum Gasteiger partial charge on any atom is 0.0461 e. The first-order chi connectivity index (χ1) is 6.38. The van der Waals surface area contributed by atoms with Crippen molar-refractivity contribution in [3.63, 3.8) is 0 Å². The first-order valence-electron chi connectivity index (χ1n) is 4.56. The van der Waals surface area contributed by atoms with Gasteiger partial charge in [-0.1, -0.05) is 26.8 Å². The third kappa shape index (κ3) is 3.93. The molecule has 0 spiro atoms. The zero-order chi connectivity index (χ0) is 10.8. The highest BCUT2D eigenvalue weighted by molar-refractivity contribution is 9.10. The van der Waals surface area contributed by atoms with Gasteiger partial charge in [0.15, 0.2) is 0 Å². The van der Waals surface area contributed by atoms with Crippen molar-refractivity contribution in [3.8, 4) is 0 Å². The molecule has 2 N–H and O–H groups in total. The SMILES string of the molecule is CC(C)(C)SCc1ccc(Br)c(N)c1. The van der Waals surface area contributed by atoms with E-state index in [1.807, 2.05) is 23.9 Å². The van der Waals surface area contributed by atoms with Crippen molar-refractivity contribution in [2.45, 2.75) is 31.3 Å². The van der Waals surface area contributed by atoms with Crippen molar-refractivity contribution in [2.24, 2.45) is 0 Å². The number of anilines is 1. The van der Waals surface area contributed by atoms with Gasteiger partial charge in [-0.25, -0.2) is 0 Å². The lowest BCUT2D eigenvalue weighted by atomic mass is 10.2. The largest absolute Gasteiger partial charge is 0.398 e. The van der Waals surface area contributed by atoms with E-state index in [2.05, 4.69) is 42.8 Å². The molecular formula is C11H16BrNS. The van der Waals surface area contributed by atoms with E-state index in [1.165, 1.54) is 5.56 Å². The Bertz CT molecular complexity index is 318. The molecule has 1 nitrogen and oxygen atoms in total. The zero-order valence-corrected chi connectivity index (χ0v) is 11.2. The Morgan fingerprint density at radius 2 is 2.00 bits per heavy atom. The molecule has 0 aliphatic rings. The molecule has 1 rings (SSSR count). The summed E-state index contributed by atoms with van der Waals surface area (Å²) in [7, 11) is 0. The number of benzene rings is 1. The van der Waals surface area contributed by atoms with E-state index in [0.29, 0.717) is 4.75 Å². The molecule has 1 aromatic carbocycles. The van der Waals surface area contributed by atoms with E-state index >= 15 is 0 Å². The first-order valence-corrected chi connectivity index (χ1v) is 6.34. The zero-order valence-electron chi connectivity index (χ0n) is 8.80. The molecule has 0 aliphatic carbocycles. The van der Waals surface area contributed by atoms with Crippen LogP contribution in [0.25, 0.3) is 0 Å². The summed E-state index contributed by atoms with van der Waals surface area (Å²) in [5.41, 5.74) is 7.90. The standard InChI is InChI=1S/C11H16BrNS/c1-11(2,3)14-7-8-4-5-9(12)10(13)6-8/h4-6H,7,13H2,1-3H3. The van der Waals surface area contributed by atoms with Crippen molar-refractivity contribution in [3.05, 3.63) is 28.2 Å². The van der Waals surface area contributed by atoms with Crippen molar-refractivity contribution < 1.29 is 0 Å².